The summed E-state index contributed by atoms with van der Waals surface area (Å²) in [6.45, 7) is 6.49. The van der Waals surface area contributed by atoms with Gasteiger partial charge in [0.25, 0.3) is 0 Å². The van der Waals surface area contributed by atoms with Crippen LogP contribution in [0.15, 0.2) is 10.7 Å². The summed E-state index contributed by atoms with van der Waals surface area (Å²) in [5.74, 6) is 1.47. The highest BCUT2D eigenvalue weighted by Gasteiger charge is 2.04. The molecular formula is C13H24BrN5. The second-order valence-corrected chi connectivity index (χ2v) is 5.70. The highest BCUT2D eigenvalue weighted by molar-refractivity contribution is 9.10. The molecule has 2 N–H and O–H groups in total. The molecular weight excluding hydrogens is 306 g/mol. The second-order valence-electron chi connectivity index (χ2n) is 4.85. The van der Waals surface area contributed by atoms with E-state index < -0.39 is 0 Å². The Morgan fingerprint density at radius 2 is 2.11 bits per heavy atom. The van der Waals surface area contributed by atoms with Crippen LogP contribution < -0.4 is 10.6 Å². The third-order valence-electron chi connectivity index (χ3n) is 3.08. The summed E-state index contributed by atoms with van der Waals surface area (Å²) in [4.78, 5) is 10.9. The molecule has 0 aliphatic heterocycles. The molecule has 6 heteroatoms. The molecule has 0 spiro atoms. The van der Waals surface area contributed by atoms with E-state index in [0.29, 0.717) is 12.0 Å². The van der Waals surface area contributed by atoms with Gasteiger partial charge in [0, 0.05) is 25.8 Å². The number of unbranched alkanes of at least 4 members (excludes halogenated alkanes) is 1. The number of hydrogen-bond donors (Lipinski definition) is 2. The van der Waals surface area contributed by atoms with Crippen molar-refractivity contribution >= 4 is 27.7 Å². The Kier molecular flexibility index (Phi) is 7.09. The van der Waals surface area contributed by atoms with E-state index >= 15 is 0 Å². The fraction of sp³-hybridized carbons (Fsp3) is 0.692. The van der Waals surface area contributed by atoms with Crippen LogP contribution in [0.25, 0.3) is 0 Å². The molecule has 0 bridgehead atoms. The van der Waals surface area contributed by atoms with Gasteiger partial charge in [-0.3, -0.25) is 0 Å². The van der Waals surface area contributed by atoms with E-state index in [4.69, 9.17) is 0 Å². The number of halogens is 1. The summed E-state index contributed by atoms with van der Waals surface area (Å²) in [5.41, 5.74) is 0. The molecule has 1 aromatic heterocycles. The van der Waals surface area contributed by atoms with E-state index in [1.165, 1.54) is 6.42 Å². The van der Waals surface area contributed by atoms with Crippen molar-refractivity contribution < 1.29 is 0 Å². The summed E-state index contributed by atoms with van der Waals surface area (Å²) in [7, 11) is 3.98. The number of rotatable bonds is 8. The first-order valence-electron chi connectivity index (χ1n) is 6.69. The van der Waals surface area contributed by atoms with Gasteiger partial charge in [-0.05, 0) is 56.2 Å². The van der Waals surface area contributed by atoms with Crippen LogP contribution in [-0.4, -0.2) is 48.1 Å². The molecule has 19 heavy (non-hydrogen) atoms. The minimum absolute atomic E-state index is 0.613. The minimum atomic E-state index is 0.613. The van der Waals surface area contributed by atoms with Crippen molar-refractivity contribution in [2.75, 3.05) is 37.8 Å². The average Bonchev–Trinajstić information content (AvgIpc) is 2.39. The smallest absolute Gasteiger partial charge is 0.224 e. The number of hydrogen-bond acceptors (Lipinski definition) is 5. The number of anilines is 2. The summed E-state index contributed by atoms with van der Waals surface area (Å²) >= 11 is 3.45. The predicted molar refractivity (Wildman–Crippen MR) is 84.8 cm³/mol. The predicted octanol–water partition coefficient (Wildman–Crippen LogP) is 2.81. The van der Waals surface area contributed by atoms with Crippen LogP contribution in [0.5, 0.6) is 0 Å². The van der Waals surface area contributed by atoms with E-state index in [9.17, 15) is 0 Å². The molecule has 0 atom stereocenters. The lowest BCUT2D eigenvalue weighted by Crippen LogP contribution is -2.27. The first kappa shape index (κ1) is 16.2. The van der Waals surface area contributed by atoms with E-state index in [1.807, 2.05) is 7.05 Å². The average molecular weight is 330 g/mol. The van der Waals surface area contributed by atoms with Gasteiger partial charge in [-0.1, -0.05) is 0 Å². The zero-order valence-electron chi connectivity index (χ0n) is 12.2. The molecule has 0 aliphatic carbocycles. The maximum atomic E-state index is 4.36. The number of nitrogens with one attached hydrogen (secondary N) is 2. The Bertz CT molecular complexity index is 383. The lowest BCUT2D eigenvalue weighted by atomic mass is 10.2. The molecule has 0 fully saturated rings. The standard InChI is InChI=1S/C13H24BrN5/c1-10(2)19(4)8-6-5-7-16-12-11(14)9-17-13(15-3)18-12/h9-10H,5-8H2,1-4H3,(H2,15,16,17,18). The van der Waals surface area contributed by atoms with Crippen LogP contribution in [0, 0.1) is 0 Å². The molecule has 0 amide bonds. The first-order chi connectivity index (χ1) is 9.04. The molecule has 0 radical (unpaired) electrons. The molecule has 0 aromatic carbocycles. The van der Waals surface area contributed by atoms with Gasteiger partial charge in [0.2, 0.25) is 5.95 Å². The van der Waals surface area contributed by atoms with Crippen molar-refractivity contribution in [2.24, 2.45) is 0 Å². The van der Waals surface area contributed by atoms with E-state index in [-0.39, 0.29) is 0 Å². The lowest BCUT2D eigenvalue weighted by molar-refractivity contribution is 0.269. The van der Waals surface area contributed by atoms with Gasteiger partial charge in [0.15, 0.2) is 0 Å². The van der Waals surface area contributed by atoms with Crippen LogP contribution in [0.3, 0.4) is 0 Å². The van der Waals surface area contributed by atoms with Crippen LogP contribution in [0.1, 0.15) is 26.7 Å². The van der Waals surface area contributed by atoms with Gasteiger partial charge in [-0.2, -0.15) is 4.98 Å². The van der Waals surface area contributed by atoms with Crippen molar-refractivity contribution in [3.05, 3.63) is 10.7 Å². The molecule has 0 aliphatic rings. The summed E-state index contributed by atoms with van der Waals surface area (Å²) < 4.78 is 0.894. The van der Waals surface area contributed by atoms with Gasteiger partial charge in [0.1, 0.15) is 5.82 Å². The van der Waals surface area contributed by atoms with Gasteiger partial charge in [0.05, 0.1) is 4.47 Å². The normalized spacial score (nSPS) is 11.1. The van der Waals surface area contributed by atoms with E-state index in [2.05, 4.69) is 62.3 Å². The Morgan fingerprint density at radius 1 is 1.37 bits per heavy atom. The largest absolute Gasteiger partial charge is 0.369 e. The molecule has 1 aromatic rings. The maximum Gasteiger partial charge on any atom is 0.224 e. The molecule has 0 unspecified atom stereocenters. The SMILES string of the molecule is CNc1ncc(Br)c(NCCCCN(C)C(C)C)n1. The minimum Gasteiger partial charge on any atom is -0.369 e. The van der Waals surface area contributed by atoms with Gasteiger partial charge in [-0.25, -0.2) is 4.98 Å². The molecule has 0 saturated carbocycles. The Labute approximate surface area is 124 Å². The summed E-state index contributed by atoms with van der Waals surface area (Å²) in [6, 6.07) is 0.613. The van der Waals surface area contributed by atoms with Crippen LogP contribution in [0.4, 0.5) is 11.8 Å². The topological polar surface area (TPSA) is 53.1 Å². The quantitative estimate of drug-likeness (QED) is 0.718. The number of nitrogens with zero attached hydrogens (tertiary/aromatic N) is 3. The fourth-order valence-corrected chi connectivity index (χ4v) is 1.89. The van der Waals surface area contributed by atoms with Gasteiger partial charge >= 0.3 is 0 Å². The van der Waals surface area contributed by atoms with Gasteiger partial charge in [-0.15, -0.1) is 0 Å². The lowest BCUT2D eigenvalue weighted by Gasteiger charge is -2.20. The van der Waals surface area contributed by atoms with Crippen LogP contribution in [0.2, 0.25) is 0 Å². The summed E-state index contributed by atoms with van der Waals surface area (Å²) in [6.07, 6.45) is 4.07. The second kappa shape index (κ2) is 8.32. The Morgan fingerprint density at radius 3 is 2.74 bits per heavy atom. The van der Waals surface area contributed by atoms with Crippen molar-refractivity contribution in [3.63, 3.8) is 0 Å². The first-order valence-corrected chi connectivity index (χ1v) is 7.48. The van der Waals surface area contributed by atoms with E-state index in [1.54, 1.807) is 6.20 Å². The molecule has 0 saturated heterocycles. The van der Waals surface area contributed by atoms with Crippen LogP contribution >= 0.6 is 15.9 Å². The Balaban J connectivity index is 2.29. The zero-order chi connectivity index (χ0) is 14.3. The van der Waals surface area contributed by atoms with Crippen LogP contribution in [-0.2, 0) is 0 Å². The third kappa shape index (κ3) is 5.74. The molecule has 1 heterocycles. The summed E-state index contributed by atoms with van der Waals surface area (Å²) in [5, 5.41) is 6.27. The van der Waals surface area contributed by atoms with Crippen molar-refractivity contribution in [1.29, 1.82) is 0 Å². The molecule has 108 valence electrons. The molecule has 5 nitrogen and oxygen atoms in total. The highest BCUT2D eigenvalue weighted by atomic mass is 79.9. The van der Waals surface area contributed by atoms with Crippen molar-refractivity contribution in [2.45, 2.75) is 32.7 Å². The van der Waals surface area contributed by atoms with Crippen molar-refractivity contribution in [1.82, 2.24) is 14.9 Å². The van der Waals surface area contributed by atoms with E-state index in [0.717, 1.165) is 29.8 Å². The van der Waals surface area contributed by atoms with Crippen molar-refractivity contribution in [3.8, 4) is 0 Å². The van der Waals surface area contributed by atoms with Gasteiger partial charge < -0.3 is 15.5 Å². The zero-order valence-corrected chi connectivity index (χ0v) is 13.8. The highest BCUT2D eigenvalue weighted by Crippen LogP contribution is 2.19. The number of aromatic nitrogens is 2. The monoisotopic (exact) mass is 329 g/mol. The third-order valence-corrected chi connectivity index (χ3v) is 3.66. The maximum absolute atomic E-state index is 4.36. The molecule has 1 rings (SSSR count). The Hall–Kier alpha value is -0.880. The fourth-order valence-electron chi connectivity index (χ4n) is 1.56.